The van der Waals surface area contributed by atoms with Crippen LogP contribution < -0.4 is 5.32 Å². The highest BCUT2D eigenvalue weighted by molar-refractivity contribution is 9.10. The molecule has 1 rings (SSSR count). The van der Waals surface area contributed by atoms with Crippen molar-refractivity contribution in [2.75, 3.05) is 6.54 Å². The SMILES string of the molecule is CCCCCCCCNC(CC)c1ccc(Br)cc1. The van der Waals surface area contributed by atoms with E-state index in [0.29, 0.717) is 6.04 Å². The Hall–Kier alpha value is -0.340. The van der Waals surface area contributed by atoms with E-state index in [0.717, 1.165) is 17.4 Å². The van der Waals surface area contributed by atoms with Gasteiger partial charge in [-0.25, -0.2) is 0 Å². The van der Waals surface area contributed by atoms with E-state index in [-0.39, 0.29) is 0 Å². The second kappa shape index (κ2) is 10.4. The molecule has 108 valence electrons. The lowest BCUT2D eigenvalue weighted by Gasteiger charge is -2.17. The van der Waals surface area contributed by atoms with Crippen LogP contribution in [-0.2, 0) is 0 Å². The molecule has 2 heteroatoms. The Kier molecular flexibility index (Phi) is 9.19. The molecule has 0 bridgehead atoms. The maximum absolute atomic E-state index is 3.68. The number of rotatable bonds is 10. The summed E-state index contributed by atoms with van der Waals surface area (Å²) < 4.78 is 1.15. The van der Waals surface area contributed by atoms with Crippen LogP contribution >= 0.6 is 15.9 Å². The zero-order chi connectivity index (χ0) is 13.9. The molecule has 1 N–H and O–H groups in total. The molecule has 0 aliphatic heterocycles. The zero-order valence-corrected chi connectivity index (χ0v) is 14.0. The van der Waals surface area contributed by atoms with E-state index in [1.165, 1.54) is 44.1 Å². The largest absolute Gasteiger partial charge is 0.310 e. The summed E-state index contributed by atoms with van der Waals surface area (Å²) in [5.74, 6) is 0. The molecule has 19 heavy (non-hydrogen) atoms. The molecule has 0 aliphatic carbocycles. The minimum atomic E-state index is 0.503. The quantitative estimate of drug-likeness (QED) is 0.532. The number of halogens is 1. The molecule has 1 nitrogen and oxygen atoms in total. The second-order valence-corrected chi connectivity index (χ2v) is 6.15. The van der Waals surface area contributed by atoms with Crippen LogP contribution in [-0.4, -0.2) is 6.54 Å². The van der Waals surface area contributed by atoms with Crippen molar-refractivity contribution < 1.29 is 0 Å². The van der Waals surface area contributed by atoms with Crippen molar-refractivity contribution in [2.24, 2.45) is 0 Å². The Morgan fingerprint density at radius 3 is 2.21 bits per heavy atom. The highest BCUT2D eigenvalue weighted by Gasteiger charge is 2.07. The van der Waals surface area contributed by atoms with Gasteiger partial charge in [0.15, 0.2) is 0 Å². The molecule has 0 radical (unpaired) electrons. The first-order valence-electron chi connectivity index (χ1n) is 7.76. The maximum atomic E-state index is 3.68. The Bertz CT molecular complexity index is 321. The number of hydrogen-bond donors (Lipinski definition) is 1. The third-order valence-electron chi connectivity index (χ3n) is 3.60. The molecule has 1 aromatic carbocycles. The van der Waals surface area contributed by atoms with Gasteiger partial charge in [-0.15, -0.1) is 0 Å². The Morgan fingerprint density at radius 1 is 0.947 bits per heavy atom. The van der Waals surface area contributed by atoms with Crippen molar-refractivity contribution in [2.45, 2.75) is 64.8 Å². The number of nitrogens with one attached hydrogen (secondary N) is 1. The molecule has 0 spiro atoms. The first kappa shape index (κ1) is 16.7. The molecule has 0 heterocycles. The molecule has 1 atom stereocenters. The topological polar surface area (TPSA) is 12.0 Å². The fourth-order valence-corrected chi connectivity index (χ4v) is 2.64. The fourth-order valence-electron chi connectivity index (χ4n) is 2.37. The van der Waals surface area contributed by atoms with Crippen LogP contribution in [0.15, 0.2) is 28.7 Å². The van der Waals surface area contributed by atoms with E-state index in [4.69, 9.17) is 0 Å². The van der Waals surface area contributed by atoms with Gasteiger partial charge in [0.2, 0.25) is 0 Å². The Morgan fingerprint density at radius 2 is 1.58 bits per heavy atom. The van der Waals surface area contributed by atoms with Crippen molar-refractivity contribution >= 4 is 15.9 Å². The van der Waals surface area contributed by atoms with Crippen LogP contribution in [0.5, 0.6) is 0 Å². The van der Waals surface area contributed by atoms with Crippen LogP contribution in [0.25, 0.3) is 0 Å². The lowest BCUT2D eigenvalue weighted by molar-refractivity contribution is 0.493. The lowest BCUT2D eigenvalue weighted by Crippen LogP contribution is -2.21. The molecule has 0 fully saturated rings. The van der Waals surface area contributed by atoms with Gasteiger partial charge in [-0.2, -0.15) is 0 Å². The van der Waals surface area contributed by atoms with Crippen LogP contribution in [0.4, 0.5) is 0 Å². The van der Waals surface area contributed by atoms with Crippen LogP contribution in [0.3, 0.4) is 0 Å². The standard InChI is InChI=1S/C17H28BrN/c1-3-5-6-7-8-9-14-19-17(4-2)15-10-12-16(18)13-11-15/h10-13,17,19H,3-9,14H2,1-2H3. The van der Waals surface area contributed by atoms with Gasteiger partial charge in [0.1, 0.15) is 0 Å². The molecule has 1 unspecified atom stereocenters. The summed E-state index contributed by atoms with van der Waals surface area (Å²) in [5.41, 5.74) is 1.40. The maximum Gasteiger partial charge on any atom is 0.0317 e. The first-order valence-corrected chi connectivity index (χ1v) is 8.56. The second-order valence-electron chi connectivity index (χ2n) is 5.23. The predicted molar refractivity (Wildman–Crippen MR) is 88.6 cm³/mol. The van der Waals surface area contributed by atoms with E-state index in [1.54, 1.807) is 0 Å². The summed E-state index contributed by atoms with van der Waals surface area (Å²) in [7, 11) is 0. The average Bonchev–Trinajstić information content (AvgIpc) is 2.43. The number of unbranched alkanes of at least 4 members (excludes halogenated alkanes) is 5. The van der Waals surface area contributed by atoms with Crippen molar-refractivity contribution in [3.63, 3.8) is 0 Å². The van der Waals surface area contributed by atoms with Crippen molar-refractivity contribution in [3.05, 3.63) is 34.3 Å². The minimum absolute atomic E-state index is 0.503. The van der Waals surface area contributed by atoms with Crippen LogP contribution in [0.1, 0.15) is 70.4 Å². The third-order valence-corrected chi connectivity index (χ3v) is 4.13. The van der Waals surface area contributed by atoms with Gasteiger partial charge < -0.3 is 5.32 Å². The number of benzene rings is 1. The molecular formula is C17H28BrN. The Labute approximate surface area is 127 Å². The lowest BCUT2D eigenvalue weighted by atomic mass is 10.0. The summed E-state index contributed by atoms with van der Waals surface area (Å²) in [4.78, 5) is 0. The van der Waals surface area contributed by atoms with Crippen molar-refractivity contribution in [1.82, 2.24) is 5.32 Å². The van der Waals surface area contributed by atoms with E-state index in [1.807, 2.05) is 0 Å². The van der Waals surface area contributed by atoms with Crippen LogP contribution in [0, 0.1) is 0 Å². The van der Waals surface area contributed by atoms with Gasteiger partial charge in [-0.1, -0.05) is 74.0 Å². The van der Waals surface area contributed by atoms with Crippen LogP contribution in [0.2, 0.25) is 0 Å². The average molecular weight is 326 g/mol. The van der Waals surface area contributed by atoms with Gasteiger partial charge in [-0.3, -0.25) is 0 Å². The normalized spacial score (nSPS) is 12.6. The fraction of sp³-hybridized carbons (Fsp3) is 0.647. The summed E-state index contributed by atoms with van der Waals surface area (Å²) in [6.07, 6.45) is 9.34. The van der Waals surface area contributed by atoms with Gasteiger partial charge in [0, 0.05) is 10.5 Å². The van der Waals surface area contributed by atoms with Gasteiger partial charge >= 0.3 is 0 Å². The Balaban J connectivity index is 2.20. The highest BCUT2D eigenvalue weighted by Crippen LogP contribution is 2.19. The highest BCUT2D eigenvalue weighted by atomic mass is 79.9. The smallest absolute Gasteiger partial charge is 0.0317 e. The van der Waals surface area contributed by atoms with E-state index < -0.39 is 0 Å². The summed E-state index contributed by atoms with van der Waals surface area (Å²) in [6, 6.07) is 9.19. The van der Waals surface area contributed by atoms with E-state index in [2.05, 4.69) is 59.4 Å². The van der Waals surface area contributed by atoms with Crippen molar-refractivity contribution in [3.8, 4) is 0 Å². The molecule has 0 aliphatic rings. The number of hydrogen-bond acceptors (Lipinski definition) is 1. The van der Waals surface area contributed by atoms with Gasteiger partial charge in [0.25, 0.3) is 0 Å². The van der Waals surface area contributed by atoms with E-state index in [9.17, 15) is 0 Å². The minimum Gasteiger partial charge on any atom is -0.310 e. The molecule has 0 amide bonds. The molecule has 0 saturated heterocycles. The first-order chi connectivity index (χ1) is 9.27. The molecular weight excluding hydrogens is 298 g/mol. The monoisotopic (exact) mass is 325 g/mol. The zero-order valence-electron chi connectivity index (χ0n) is 12.4. The van der Waals surface area contributed by atoms with Crippen molar-refractivity contribution in [1.29, 1.82) is 0 Å². The summed E-state index contributed by atoms with van der Waals surface area (Å²) in [5, 5.41) is 3.68. The molecule has 0 aromatic heterocycles. The van der Waals surface area contributed by atoms with Gasteiger partial charge in [-0.05, 0) is 37.1 Å². The summed E-state index contributed by atoms with van der Waals surface area (Å²) >= 11 is 3.49. The van der Waals surface area contributed by atoms with E-state index >= 15 is 0 Å². The van der Waals surface area contributed by atoms with Gasteiger partial charge in [0.05, 0.1) is 0 Å². The third kappa shape index (κ3) is 7.12. The molecule has 1 aromatic rings. The predicted octanol–water partition coefficient (Wildman–Crippen LogP) is 5.85. The summed E-state index contributed by atoms with van der Waals surface area (Å²) in [6.45, 7) is 5.66. The molecule has 0 saturated carbocycles.